The van der Waals surface area contributed by atoms with Crippen molar-refractivity contribution in [2.24, 2.45) is 0 Å². The van der Waals surface area contributed by atoms with Crippen LogP contribution in [0.25, 0.3) is 88.7 Å². The van der Waals surface area contributed by atoms with Crippen molar-refractivity contribution in [2.75, 3.05) is 20.9 Å². The van der Waals surface area contributed by atoms with Crippen LogP contribution in [0.5, 0.6) is 0 Å². The van der Waals surface area contributed by atoms with E-state index in [0.717, 1.165) is 39.8 Å². The first-order chi connectivity index (χ1) is 53.3. The molecule has 0 radical (unpaired) electrons. The van der Waals surface area contributed by atoms with E-state index in [-0.39, 0.29) is 5.41 Å². The van der Waals surface area contributed by atoms with E-state index in [0.29, 0.717) is 0 Å². The lowest BCUT2D eigenvalue weighted by Crippen LogP contribution is -2.36. The lowest BCUT2D eigenvalue weighted by atomic mass is 9.64. The van der Waals surface area contributed by atoms with Crippen LogP contribution in [-0.4, -0.2) is 0 Å². The third kappa shape index (κ3) is 12.5. The fourth-order valence-corrected chi connectivity index (χ4v) is 16.5. The molecule has 4 nitrogen and oxygen atoms in total. The van der Waals surface area contributed by atoms with Crippen LogP contribution >= 0.6 is 0 Å². The second-order valence-electron chi connectivity index (χ2n) is 28.6. The summed E-state index contributed by atoms with van der Waals surface area (Å²) in [5.74, 6) is 0. The van der Waals surface area contributed by atoms with Gasteiger partial charge in [-0.05, 0) is 225 Å². The summed E-state index contributed by atoms with van der Waals surface area (Å²) >= 11 is 0. The Morgan fingerprint density at radius 3 is 1.15 bits per heavy atom. The Balaban J connectivity index is 0.000000123. The first-order valence-corrected chi connectivity index (χ1v) is 37.3. The molecule has 3 aliphatic rings. The quantitative estimate of drug-likeness (QED) is 0.114. The van der Waals surface area contributed by atoms with Crippen molar-refractivity contribution in [3.63, 3.8) is 0 Å². The molecule has 0 bridgehead atoms. The smallest absolute Gasteiger partial charge is 0.0754 e. The topological polar surface area (TPSA) is 39.3 Å². The molecule has 1 aliphatic heterocycles. The van der Waals surface area contributed by atoms with E-state index >= 15 is 0 Å². The molecule has 1 spiro atoms. The van der Waals surface area contributed by atoms with E-state index in [1.165, 1.54) is 133 Å². The summed E-state index contributed by atoms with van der Waals surface area (Å²) in [6.45, 7) is 4.66. The van der Waals surface area contributed by atoms with Gasteiger partial charge >= 0.3 is 0 Å². The van der Waals surface area contributed by atoms with Gasteiger partial charge in [0.1, 0.15) is 0 Å². The van der Waals surface area contributed by atoms with Crippen LogP contribution in [0.2, 0.25) is 0 Å². The van der Waals surface area contributed by atoms with Crippen molar-refractivity contribution in [3.05, 3.63) is 452 Å². The van der Waals surface area contributed by atoms with E-state index in [4.69, 9.17) is 0 Å². The maximum Gasteiger partial charge on any atom is 0.0754 e. The van der Waals surface area contributed by atoms with Gasteiger partial charge in [-0.25, -0.2) is 0 Å². The van der Waals surface area contributed by atoms with Gasteiger partial charge in [-0.15, -0.1) is 0 Å². The number of hydrogen-bond donors (Lipinski definition) is 3. The van der Waals surface area contributed by atoms with Crippen LogP contribution < -0.4 is 20.9 Å². The Labute approximate surface area is 633 Å². The van der Waals surface area contributed by atoms with Gasteiger partial charge in [0.05, 0.1) is 16.8 Å². The number of fused-ring (bicyclic) bond motifs is 13. The second-order valence-corrected chi connectivity index (χ2v) is 28.6. The number of nitrogens with one attached hydrogen (secondary N) is 3. The van der Waals surface area contributed by atoms with Crippen molar-refractivity contribution in [1.29, 1.82) is 0 Å². The molecule has 514 valence electrons. The molecule has 20 rings (SSSR count). The van der Waals surface area contributed by atoms with Gasteiger partial charge in [0.2, 0.25) is 0 Å². The number of benzene rings is 17. The van der Waals surface area contributed by atoms with Crippen molar-refractivity contribution in [3.8, 4) is 77.9 Å². The first-order valence-electron chi connectivity index (χ1n) is 37.3. The monoisotopic (exact) mass is 1380 g/mol. The van der Waals surface area contributed by atoms with Crippen LogP contribution in [0, 0.1) is 0 Å². The van der Waals surface area contributed by atoms with E-state index in [9.17, 15) is 0 Å². The van der Waals surface area contributed by atoms with Gasteiger partial charge in [-0.1, -0.05) is 329 Å². The zero-order valence-corrected chi connectivity index (χ0v) is 60.3. The SMILES string of the molecule is CC1(C)c2ccccc2-c2ccc(-c3cccc(Nc4ccccc4)c3)cc21.c1ccc(-c2ccc(Nc3ccc(-c4ccc5c(c4)N(c4ccccc4)c4ccccc4C54c5ccccc5-c5ccccc54)cc3)cc2)cc1.c1ccc(-c2ccc(Nc3ccc(-c4cccc5ccccc45)cc3)cc2)cc1. The maximum absolute atomic E-state index is 3.59. The van der Waals surface area contributed by atoms with Crippen LogP contribution in [0.1, 0.15) is 47.2 Å². The highest BCUT2D eigenvalue weighted by atomic mass is 15.2. The van der Waals surface area contributed by atoms with Gasteiger partial charge in [-0.3, -0.25) is 0 Å². The Hall–Kier alpha value is -13.8. The summed E-state index contributed by atoms with van der Waals surface area (Å²) in [6.07, 6.45) is 0. The first kappa shape index (κ1) is 66.2. The van der Waals surface area contributed by atoms with Gasteiger partial charge in [0, 0.05) is 45.2 Å². The summed E-state index contributed by atoms with van der Waals surface area (Å²) in [4.78, 5) is 2.46. The Morgan fingerprint density at radius 2 is 0.556 bits per heavy atom. The predicted octanol–water partition coefficient (Wildman–Crippen LogP) is 28.2. The van der Waals surface area contributed by atoms with Gasteiger partial charge in [0.25, 0.3) is 0 Å². The van der Waals surface area contributed by atoms with Gasteiger partial charge < -0.3 is 20.9 Å². The normalized spacial score (nSPS) is 12.7. The third-order valence-electron chi connectivity index (χ3n) is 21.8. The van der Waals surface area contributed by atoms with Gasteiger partial charge in [-0.2, -0.15) is 0 Å². The van der Waals surface area contributed by atoms with Crippen LogP contribution in [0.3, 0.4) is 0 Å². The van der Waals surface area contributed by atoms with E-state index in [1.807, 2.05) is 24.3 Å². The predicted molar refractivity (Wildman–Crippen MR) is 456 cm³/mol. The molecule has 3 N–H and O–H groups in total. The standard InChI is InChI=1S/C49H34N2.C28H21N.C27H23N/c1-3-13-34(14-4-1)35-23-28-38(29-24-35)50-39-30-25-36(26-31-39)37-27-32-46-48(33-37)51(40-15-5-2-6-16-40)47-22-12-11-21-45(47)49(46)43-19-9-7-17-41(43)42-18-8-10-20-44(42)49;1-2-7-21(8-3-1)22-13-17-25(18-14-22)29-26-19-15-24(16-20-26)28-12-6-10-23-9-4-5-11-27(23)28;1-27(2)25-14-7-6-13-23(25)24-16-15-20(18-26(24)27)19-9-8-12-22(17-19)28-21-10-4-3-5-11-21/h1-33,50H;1-20,29H;3-18,28H,1-2H3. The maximum atomic E-state index is 3.59. The zero-order valence-electron chi connectivity index (χ0n) is 60.3. The Morgan fingerprint density at radius 1 is 0.204 bits per heavy atom. The number of para-hydroxylation sites is 3. The molecule has 17 aromatic rings. The summed E-state index contributed by atoms with van der Waals surface area (Å²) in [5, 5.41) is 13.1. The van der Waals surface area contributed by atoms with Gasteiger partial charge in [0.15, 0.2) is 0 Å². The minimum absolute atomic E-state index is 0.0296. The van der Waals surface area contributed by atoms with Crippen molar-refractivity contribution in [2.45, 2.75) is 24.7 Å². The minimum atomic E-state index is -0.438. The lowest BCUT2D eigenvalue weighted by Gasteiger charge is -2.45. The molecule has 0 unspecified atom stereocenters. The molecule has 0 fully saturated rings. The number of nitrogens with zero attached hydrogens (tertiary/aromatic N) is 1. The molecule has 0 saturated carbocycles. The van der Waals surface area contributed by atoms with E-state index < -0.39 is 5.41 Å². The Kier molecular flexibility index (Phi) is 17.6. The number of rotatable bonds is 12. The molecular formula is C104H78N4. The average Bonchev–Trinajstić information content (AvgIpc) is 1.48. The molecule has 17 aromatic carbocycles. The Bertz CT molecular complexity index is 6020. The molecular weight excluding hydrogens is 1310 g/mol. The van der Waals surface area contributed by atoms with Crippen LogP contribution in [0.4, 0.5) is 51.2 Å². The summed E-state index contributed by atoms with van der Waals surface area (Å²) in [6, 6.07) is 150. The lowest BCUT2D eigenvalue weighted by molar-refractivity contribution is 0.660. The second kappa shape index (κ2) is 28.7. The third-order valence-corrected chi connectivity index (χ3v) is 21.8. The van der Waals surface area contributed by atoms with Crippen LogP contribution in [-0.2, 0) is 10.8 Å². The molecule has 2 aliphatic carbocycles. The molecule has 0 saturated heterocycles. The molecule has 1 heterocycles. The molecule has 108 heavy (non-hydrogen) atoms. The molecule has 0 amide bonds. The molecule has 0 aromatic heterocycles. The van der Waals surface area contributed by atoms with E-state index in [2.05, 4.69) is 429 Å². The largest absolute Gasteiger partial charge is 0.356 e. The highest BCUT2D eigenvalue weighted by Crippen LogP contribution is 2.64. The van der Waals surface area contributed by atoms with Crippen molar-refractivity contribution < 1.29 is 0 Å². The number of anilines is 9. The van der Waals surface area contributed by atoms with Crippen molar-refractivity contribution in [1.82, 2.24) is 0 Å². The number of hydrogen-bond acceptors (Lipinski definition) is 4. The fraction of sp³-hybridized carbons (Fsp3) is 0.0385. The summed E-state index contributed by atoms with van der Waals surface area (Å²) < 4.78 is 0. The van der Waals surface area contributed by atoms with Crippen molar-refractivity contribution >= 4 is 62.0 Å². The minimum Gasteiger partial charge on any atom is -0.356 e. The molecule has 0 atom stereocenters. The fourth-order valence-electron chi connectivity index (χ4n) is 16.5. The highest BCUT2D eigenvalue weighted by molar-refractivity contribution is 5.99. The van der Waals surface area contributed by atoms with Crippen LogP contribution in [0.15, 0.2) is 419 Å². The summed E-state index contributed by atoms with van der Waals surface area (Å²) in [7, 11) is 0. The highest BCUT2D eigenvalue weighted by Gasteiger charge is 2.51. The zero-order chi connectivity index (χ0) is 72.4. The average molecular weight is 1380 g/mol. The molecule has 4 heteroatoms. The summed E-state index contributed by atoms with van der Waals surface area (Å²) in [5.41, 5.74) is 35.3. The van der Waals surface area contributed by atoms with E-state index in [1.54, 1.807) is 0 Å².